The molecule has 1 N–H and O–H groups in total. The third kappa shape index (κ3) is 3.80. The molecule has 0 aromatic heterocycles. The smallest absolute Gasteiger partial charge is 0.258 e. The quantitative estimate of drug-likeness (QED) is 0.656. The summed E-state index contributed by atoms with van der Waals surface area (Å²) in [5.41, 5.74) is 2.49. The van der Waals surface area contributed by atoms with E-state index in [1.54, 1.807) is 0 Å². The van der Waals surface area contributed by atoms with E-state index in [2.05, 4.69) is 46.4 Å². The molecule has 4 heteroatoms. The zero-order valence-electron chi connectivity index (χ0n) is 16.3. The lowest BCUT2D eigenvalue weighted by molar-refractivity contribution is 0.321. The summed E-state index contributed by atoms with van der Waals surface area (Å²) in [6.45, 7) is 16.7. The van der Waals surface area contributed by atoms with E-state index >= 15 is 0 Å². The van der Waals surface area contributed by atoms with Crippen LogP contribution in [0, 0.1) is 0 Å². The van der Waals surface area contributed by atoms with Gasteiger partial charge in [0, 0.05) is 12.1 Å². The molecule has 1 aromatic rings. The van der Waals surface area contributed by atoms with Gasteiger partial charge in [0.1, 0.15) is 5.75 Å². The molecule has 2 rings (SSSR count). The molecular formula is C20H35NO2Si. The maximum Gasteiger partial charge on any atom is 0.258 e. The van der Waals surface area contributed by atoms with E-state index in [1.165, 1.54) is 12.8 Å². The first-order chi connectivity index (χ1) is 11.3. The van der Waals surface area contributed by atoms with Crippen molar-refractivity contribution >= 4 is 8.32 Å². The van der Waals surface area contributed by atoms with Crippen molar-refractivity contribution in [1.29, 1.82) is 0 Å². The molecule has 0 atom stereocenters. The molecule has 1 fully saturated rings. The van der Waals surface area contributed by atoms with Crippen LogP contribution < -0.4 is 4.43 Å². The van der Waals surface area contributed by atoms with Crippen molar-refractivity contribution in [3.63, 3.8) is 0 Å². The fraction of sp³-hybridized carbons (Fsp3) is 0.700. The number of nitrogens with zero attached hydrogens (tertiary/aromatic N) is 1. The first-order valence-electron chi connectivity index (χ1n) is 9.51. The highest BCUT2D eigenvalue weighted by Gasteiger charge is 2.47. The number of rotatable bonds is 7. The minimum atomic E-state index is -2.04. The maximum atomic E-state index is 10.8. The summed E-state index contributed by atoms with van der Waals surface area (Å²) in [4.78, 5) is 2.41. The van der Waals surface area contributed by atoms with Crippen molar-refractivity contribution < 1.29 is 9.53 Å². The molecule has 1 saturated heterocycles. The number of hydrogen-bond acceptors (Lipinski definition) is 3. The predicted octanol–water partition coefficient (Wildman–Crippen LogP) is 5.54. The Morgan fingerprint density at radius 3 is 2.04 bits per heavy atom. The highest BCUT2D eigenvalue weighted by Crippen LogP contribution is 2.45. The van der Waals surface area contributed by atoms with Gasteiger partial charge in [0.2, 0.25) is 0 Å². The summed E-state index contributed by atoms with van der Waals surface area (Å²) in [6.07, 6.45) is 2.53. The topological polar surface area (TPSA) is 32.7 Å². The standard InChI is InChI=1S/C20H35NO2Si/c1-15(2)24(16(3)4,17(5)6)23-19-11-9-10-18(20(19)22)14-21-12-7-8-13-21/h9-11,15-17,22H,7-8,12-14H2,1-6H3. The molecule has 3 nitrogen and oxygen atoms in total. The van der Waals surface area contributed by atoms with Crippen LogP contribution >= 0.6 is 0 Å². The monoisotopic (exact) mass is 349 g/mol. The number of phenols is 1. The van der Waals surface area contributed by atoms with E-state index in [4.69, 9.17) is 4.43 Å². The van der Waals surface area contributed by atoms with Crippen LogP contribution in [0.15, 0.2) is 18.2 Å². The van der Waals surface area contributed by atoms with Crippen LogP contribution in [0.3, 0.4) is 0 Å². The van der Waals surface area contributed by atoms with Gasteiger partial charge in [-0.1, -0.05) is 53.7 Å². The minimum Gasteiger partial charge on any atom is -0.540 e. The van der Waals surface area contributed by atoms with Crippen LogP contribution in [0.5, 0.6) is 11.5 Å². The van der Waals surface area contributed by atoms with E-state index in [1.807, 2.05) is 18.2 Å². The zero-order chi connectivity index (χ0) is 17.9. The summed E-state index contributed by atoms with van der Waals surface area (Å²) in [6, 6.07) is 6.00. The second kappa shape index (κ2) is 7.92. The van der Waals surface area contributed by atoms with Gasteiger partial charge in [-0.25, -0.2) is 0 Å². The van der Waals surface area contributed by atoms with Crippen molar-refractivity contribution in [3.8, 4) is 11.5 Å². The SMILES string of the molecule is CC(C)[Si](Oc1cccc(CN2CCCC2)c1O)(C(C)C)C(C)C. The highest BCUT2D eigenvalue weighted by atomic mass is 28.4. The van der Waals surface area contributed by atoms with Crippen molar-refractivity contribution in [2.24, 2.45) is 0 Å². The Labute approximate surface area is 149 Å². The molecule has 0 aliphatic carbocycles. The van der Waals surface area contributed by atoms with Crippen LogP contribution in [0.1, 0.15) is 59.9 Å². The summed E-state index contributed by atoms with van der Waals surface area (Å²) in [5, 5.41) is 10.8. The molecule has 0 bridgehead atoms. The van der Waals surface area contributed by atoms with Crippen LogP contribution in [-0.4, -0.2) is 31.4 Å². The number of phenolic OH excluding ortho intramolecular Hbond substituents is 1. The van der Waals surface area contributed by atoms with Gasteiger partial charge in [-0.3, -0.25) is 4.90 Å². The van der Waals surface area contributed by atoms with Gasteiger partial charge < -0.3 is 9.53 Å². The average Bonchev–Trinajstić information content (AvgIpc) is 3.00. The van der Waals surface area contributed by atoms with Crippen molar-refractivity contribution in [1.82, 2.24) is 4.90 Å². The molecular weight excluding hydrogens is 314 g/mol. The van der Waals surface area contributed by atoms with Gasteiger partial charge in [-0.2, -0.15) is 0 Å². The largest absolute Gasteiger partial charge is 0.540 e. The average molecular weight is 350 g/mol. The van der Waals surface area contributed by atoms with Gasteiger partial charge >= 0.3 is 0 Å². The summed E-state index contributed by atoms with van der Waals surface area (Å²) in [5.74, 6) is 1.04. The van der Waals surface area contributed by atoms with Crippen LogP contribution in [0.25, 0.3) is 0 Å². The van der Waals surface area contributed by atoms with Gasteiger partial charge in [0.15, 0.2) is 5.75 Å². The molecule has 24 heavy (non-hydrogen) atoms. The lowest BCUT2D eigenvalue weighted by Crippen LogP contribution is -2.50. The van der Waals surface area contributed by atoms with Gasteiger partial charge in [0.25, 0.3) is 8.32 Å². The minimum absolute atomic E-state index is 0.350. The first kappa shape index (κ1) is 19.3. The fourth-order valence-electron chi connectivity index (χ4n) is 4.50. The van der Waals surface area contributed by atoms with E-state index in [9.17, 15) is 5.11 Å². The Morgan fingerprint density at radius 2 is 1.54 bits per heavy atom. The predicted molar refractivity (Wildman–Crippen MR) is 104 cm³/mol. The molecule has 1 aliphatic rings. The van der Waals surface area contributed by atoms with Gasteiger partial charge in [0.05, 0.1) is 0 Å². The number of aromatic hydroxyl groups is 1. The molecule has 0 radical (unpaired) electrons. The van der Waals surface area contributed by atoms with Gasteiger partial charge in [-0.05, 0) is 48.6 Å². The van der Waals surface area contributed by atoms with Crippen LogP contribution in [0.2, 0.25) is 16.6 Å². The molecule has 136 valence electrons. The Kier molecular flexibility index (Phi) is 6.38. The maximum absolute atomic E-state index is 10.8. The van der Waals surface area contributed by atoms with E-state index in [0.717, 1.165) is 25.2 Å². The molecule has 1 aromatic carbocycles. The number of para-hydroxylation sites is 1. The molecule has 1 heterocycles. The molecule has 1 aliphatic heterocycles. The zero-order valence-corrected chi connectivity index (χ0v) is 17.3. The lowest BCUT2D eigenvalue weighted by Gasteiger charge is -2.42. The Hall–Kier alpha value is -1.00. The first-order valence-corrected chi connectivity index (χ1v) is 11.6. The Balaban J connectivity index is 2.30. The summed E-state index contributed by atoms with van der Waals surface area (Å²) < 4.78 is 6.69. The van der Waals surface area contributed by atoms with E-state index in [0.29, 0.717) is 28.1 Å². The molecule has 0 amide bonds. The van der Waals surface area contributed by atoms with Crippen LogP contribution in [-0.2, 0) is 6.54 Å². The molecule has 0 saturated carbocycles. The van der Waals surface area contributed by atoms with Crippen molar-refractivity contribution in [3.05, 3.63) is 23.8 Å². The number of hydrogen-bond donors (Lipinski definition) is 1. The van der Waals surface area contributed by atoms with Crippen molar-refractivity contribution in [2.45, 2.75) is 77.6 Å². The summed E-state index contributed by atoms with van der Waals surface area (Å²) >= 11 is 0. The van der Waals surface area contributed by atoms with Gasteiger partial charge in [-0.15, -0.1) is 0 Å². The Morgan fingerprint density at radius 1 is 1.00 bits per heavy atom. The second-order valence-corrected chi connectivity index (χ2v) is 13.5. The van der Waals surface area contributed by atoms with E-state index in [-0.39, 0.29) is 0 Å². The van der Waals surface area contributed by atoms with Crippen molar-refractivity contribution in [2.75, 3.05) is 13.1 Å². The number of benzene rings is 1. The third-order valence-electron chi connectivity index (χ3n) is 5.67. The molecule has 0 spiro atoms. The second-order valence-electron chi connectivity index (χ2n) is 8.17. The third-order valence-corrected chi connectivity index (χ3v) is 11.7. The lowest BCUT2D eigenvalue weighted by atomic mass is 10.2. The highest BCUT2D eigenvalue weighted by molar-refractivity contribution is 6.78. The number of likely N-dealkylation sites (tertiary alicyclic amines) is 1. The van der Waals surface area contributed by atoms with E-state index < -0.39 is 8.32 Å². The summed E-state index contributed by atoms with van der Waals surface area (Å²) in [7, 11) is -2.04. The fourth-order valence-corrected chi connectivity index (χ4v) is 9.76. The Bertz CT molecular complexity index is 515. The normalized spacial score (nSPS) is 16.5. The van der Waals surface area contributed by atoms with Crippen LogP contribution in [0.4, 0.5) is 0 Å². The molecule has 0 unspecified atom stereocenters.